The number of rotatable bonds is 63. The fourth-order valence-electron chi connectivity index (χ4n) is 10.8. The van der Waals surface area contributed by atoms with Gasteiger partial charge in [0.1, 0.15) is 13.2 Å². The minimum atomic E-state index is -0.764. The molecule has 0 aliphatic heterocycles. The molecule has 0 aromatic carbocycles. The second kappa shape index (κ2) is 61.6. The predicted octanol–water partition coefficient (Wildman–Crippen LogP) is 23.2. The average molecular weight is 1060 g/mol. The van der Waals surface area contributed by atoms with Crippen LogP contribution in [0.5, 0.6) is 0 Å². The Morgan fingerprint density at radius 2 is 0.440 bits per heavy atom. The van der Waals surface area contributed by atoms with Gasteiger partial charge in [0.25, 0.3) is 0 Å². The Labute approximate surface area is 469 Å². The van der Waals surface area contributed by atoms with Crippen LogP contribution in [0.25, 0.3) is 0 Å². The van der Waals surface area contributed by atoms with Crippen molar-refractivity contribution in [1.82, 2.24) is 0 Å². The predicted molar refractivity (Wildman–Crippen MR) is 326 cm³/mol. The van der Waals surface area contributed by atoms with Gasteiger partial charge >= 0.3 is 17.9 Å². The minimum Gasteiger partial charge on any atom is -0.462 e. The number of ether oxygens (including phenoxy) is 3. The van der Waals surface area contributed by atoms with E-state index in [2.05, 4.69) is 34.6 Å². The number of unbranched alkanes of at least 4 members (excludes halogenated alkanes) is 48. The second-order valence-corrected chi connectivity index (χ2v) is 24.8. The molecule has 6 heteroatoms. The zero-order valence-electron chi connectivity index (χ0n) is 51.7. The number of carbonyl (C=O) groups excluding carboxylic acids is 3. The molecule has 0 saturated heterocycles. The molecule has 0 unspecified atom stereocenters. The highest BCUT2D eigenvalue weighted by Crippen LogP contribution is 2.20. The molecule has 446 valence electrons. The van der Waals surface area contributed by atoms with Gasteiger partial charge in [0.05, 0.1) is 0 Å². The van der Waals surface area contributed by atoms with Crippen LogP contribution in [0, 0.1) is 11.8 Å². The Balaban J connectivity index is 4.28. The van der Waals surface area contributed by atoms with Gasteiger partial charge in [-0.3, -0.25) is 14.4 Å². The molecule has 0 bridgehead atoms. The third kappa shape index (κ3) is 63.1. The van der Waals surface area contributed by atoms with Crippen LogP contribution in [0.2, 0.25) is 0 Å². The van der Waals surface area contributed by atoms with Crippen molar-refractivity contribution in [3.05, 3.63) is 0 Å². The third-order valence-electron chi connectivity index (χ3n) is 16.0. The highest BCUT2D eigenvalue weighted by Gasteiger charge is 2.20. The molecule has 0 saturated carbocycles. The van der Waals surface area contributed by atoms with E-state index in [1.165, 1.54) is 283 Å². The van der Waals surface area contributed by atoms with E-state index in [1.54, 1.807) is 0 Å². The molecule has 0 aliphatic carbocycles. The first-order valence-electron chi connectivity index (χ1n) is 34.2. The van der Waals surface area contributed by atoms with Crippen LogP contribution in [0.4, 0.5) is 0 Å². The van der Waals surface area contributed by atoms with Crippen LogP contribution in [-0.2, 0) is 28.6 Å². The highest BCUT2D eigenvalue weighted by atomic mass is 16.6. The first-order chi connectivity index (χ1) is 36.7. The summed E-state index contributed by atoms with van der Waals surface area (Å²) in [6, 6.07) is 0. The van der Waals surface area contributed by atoms with Crippen molar-refractivity contribution in [2.45, 2.75) is 400 Å². The summed E-state index contributed by atoms with van der Waals surface area (Å²) in [5.74, 6) is 0.877. The van der Waals surface area contributed by atoms with E-state index in [9.17, 15) is 14.4 Å². The first-order valence-corrected chi connectivity index (χ1v) is 34.2. The number of hydrogen-bond donors (Lipinski definition) is 0. The molecule has 0 spiro atoms. The van der Waals surface area contributed by atoms with E-state index < -0.39 is 6.10 Å². The summed E-state index contributed by atoms with van der Waals surface area (Å²) >= 11 is 0. The summed E-state index contributed by atoms with van der Waals surface area (Å²) in [7, 11) is 0. The van der Waals surface area contributed by atoms with E-state index in [0.717, 1.165) is 69.6 Å². The fourth-order valence-corrected chi connectivity index (χ4v) is 10.8. The van der Waals surface area contributed by atoms with E-state index >= 15 is 0 Å². The lowest BCUT2D eigenvalue weighted by Crippen LogP contribution is -2.30. The molecule has 0 heterocycles. The van der Waals surface area contributed by atoms with Gasteiger partial charge in [0.15, 0.2) is 6.10 Å². The van der Waals surface area contributed by atoms with Gasteiger partial charge in [-0.2, -0.15) is 0 Å². The highest BCUT2D eigenvalue weighted by molar-refractivity contribution is 5.71. The summed E-state index contributed by atoms with van der Waals surface area (Å²) < 4.78 is 17.0. The summed E-state index contributed by atoms with van der Waals surface area (Å²) in [5.41, 5.74) is 0. The molecule has 75 heavy (non-hydrogen) atoms. The molecule has 0 N–H and O–H groups in total. The molecule has 0 aliphatic rings. The monoisotopic (exact) mass is 1060 g/mol. The van der Waals surface area contributed by atoms with Gasteiger partial charge in [-0.05, 0) is 31.1 Å². The molecule has 0 rings (SSSR count). The Bertz CT molecular complexity index is 1150. The van der Waals surface area contributed by atoms with Crippen molar-refractivity contribution in [1.29, 1.82) is 0 Å². The third-order valence-corrected chi connectivity index (χ3v) is 16.0. The van der Waals surface area contributed by atoms with Crippen LogP contribution in [-0.4, -0.2) is 37.2 Å². The topological polar surface area (TPSA) is 78.9 Å². The molecule has 0 fully saturated rings. The van der Waals surface area contributed by atoms with Crippen LogP contribution in [0.15, 0.2) is 0 Å². The molecule has 0 amide bonds. The lowest BCUT2D eigenvalue weighted by atomic mass is 10.0. The maximum Gasteiger partial charge on any atom is 0.306 e. The van der Waals surface area contributed by atoms with Crippen molar-refractivity contribution in [2.75, 3.05) is 13.2 Å². The Morgan fingerprint density at radius 3 is 0.653 bits per heavy atom. The number of hydrogen-bond acceptors (Lipinski definition) is 6. The fraction of sp³-hybridized carbons (Fsp3) is 0.957. The van der Waals surface area contributed by atoms with Crippen LogP contribution in [0.3, 0.4) is 0 Å². The maximum atomic E-state index is 12.9. The molecular weight excluding hydrogens is 925 g/mol. The van der Waals surface area contributed by atoms with Gasteiger partial charge in [-0.25, -0.2) is 0 Å². The Morgan fingerprint density at radius 1 is 0.253 bits per heavy atom. The SMILES string of the molecule is CCCCCCCCCCCCCCCCCCCCCC(=O)OC[C@@H](COC(=O)CCCCCCCCCCCCCCCCC(C)C)OC(=O)CCCCCCCCCCCCCCCCCCCCC(C)C. The molecule has 1 atom stereocenters. The largest absolute Gasteiger partial charge is 0.462 e. The van der Waals surface area contributed by atoms with Crippen molar-refractivity contribution in [3.8, 4) is 0 Å². The van der Waals surface area contributed by atoms with Gasteiger partial charge < -0.3 is 14.2 Å². The standard InChI is InChI=1S/C69H134O6/c1-6-7-8-9-10-11-12-13-14-15-16-20-23-29-34-39-44-49-54-59-67(70)73-62-66(63-74-68(71)60-55-50-45-40-35-30-26-25-28-33-38-43-48-53-58-65(4)5)75-69(72)61-56-51-46-41-36-31-24-21-18-17-19-22-27-32-37-42-47-52-57-64(2)3/h64-66H,6-63H2,1-5H3/t66-/m0/s1. The summed E-state index contributed by atoms with van der Waals surface area (Å²) in [6.07, 6.45) is 69.7. The maximum absolute atomic E-state index is 12.9. The summed E-state index contributed by atoms with van der Waals surface area (Å²) in [5, 5.41) is 0. The van der Waals surface area contributed by atoms with Crippen LogP contribution >= 0.6 is 0 Å². The second-order valence-electron chi connectivity index (χ2n) is 24.8. The van der Waals surface area contributed by atoms with Gasteiger partial charge in [0.2, 0.25) is 0 Å². The van der Waals surface area contributed by atoms with E-state index in [-0.39, 0.29) is 31.1 Å². The first kappa shape index (κ1) is 73.4. The Kier molecular flexibility index (Phi) is 60.3. The van der Waals surface area contributed by atoms with E-state index in [4.69, 9.17) is 14.2 Å². The molecule has 6 nitrogen and oxygen atoms in total. The van der Waals surface area contributed by atoms with Crippen molar-refractivity contribution in [3.63, 3.8) is 0 Å². The Hall–Kier alpha value is -1.59. The smallest absolute Gasteiger partial charge is 0.306 e. The van der Waals surface area contributed by atoms with Crippen molar-refractivity contribution >= 4 is 17.9 Å². The van der Waals surface area contributed by atoms with Crippen molar-refractivity contribution < 1.29 is 28.6 Å². The molecule has 0 aromatic rings. The zero-order chi connectivity index (χ0) is 54.6. The lowest BCUT2D eigenvalue weighted by molar-refractivity contribution is -0.167. The van der Waals surface area contributed by atoms with Crippen LogP contribution in [0.1, 0.15) is 394 Å². The number of carbonyl (C=O) groups is 3. The molecule has 0 radical (unpaired) electrons. The van der Waals surface area contributed by atoms with Gasteiger partial charge in [-0.1, -0.05) is 356 Å². The number of esters is 3. The average Bonchev–Trinajstić information content (AvgIpc) is 3.39. The molecule has 0 aromatic heterocycles. The zero-order valence-corrected chi connectivity index (χ0v) is 51.7. The van der Waals surface area contributed by atoms with E-state index in [0.29, 0.717) is 19.3 Å². The summed E-state index contributed by atoms with van der Waals surface area (Å²) in [6.45, 7) is 11.5. The summed E-state index contributed by atoms with van der Waals surface area (Å²) in [4.78, 5) is 38.4. The minimum absolute atomic E-state index is 0.0613. The van der Waals surface area contributed by atoms with Gasteiger partial charge in [-0.15, -0.1) is 0 Å². The lowest BCUT2D eigenvalue weighted by Gasteiger charge is -2.18. The van der Waals surface area contributed by atoms with Crippen molar-refractivity contribution in [2.24, 2.45) is 11.8 Å². The molecular formula is C69H134O6. The normalized spacial score (nSPS) is 12.0. The van der Waals surface area contributed by atoms with Crippen LogP contribution < -0.4 is 0 Å². The van der Waals surface area contributed by atoms with E-state index in [1.807, 2.05) is 0 Å². The quantitative estimate of drug-likeness (QED) is 0.0343. The van der Waals surface area contributed by atoms with Gasteiger partial charge in [0, 0.05) is 19.3 Å².